The van der Waals surface area contributed by atoms with Crippen LogP contribution in [0.2, 0.25) is 0 Å². The largest absolute Gasteiger partial charge is 0.464 e. The predicted molar refractivity (Wildman–Crippen MR) is 48.5 cm³/mol. The maximum Gasteiger partial charge on any atom is 0.330 e. The van der Waals surface area contributed by atoms with Gasteiger partial charge in [-0.15, -0.1) is 0 Å². The molecule has 1 heterocycles. The molecule has 0 N–H and O–H groups in total. The Hall–Kier alpha value is -1.46. The van der Waals surface area contributed by atoms with Gasteiger partial charge in [0.15, 0.2) is 0 Å². The standard InChI is InChI=1S/C9H12F2N2O2/c1-3-15-9(14)6(2)13-5-4-7(12-13)8(10)11/h4-6,8H,3H2,1-2H3. The summed E-state index contributed by atoms with van der Waals surface area (Å²) in [7, 11) is 0. The Bertz CT molecular complexity index is 339. The second kappa shape index (κ2) is 4.86. The van der Waals surface area contributed by atoms with E-state index in [2.05, 4.69) is 5.10 Å². The van der Waals surface area contributed by atoms with E-state index in [0.717, 1.165) is 0 Å². The van der Waals surface area contributed by atoms with Gasteiger partial charge < -0.3 is 4.74 Å². The van der Waals surface area contributed by atoms with Gasteiger partial charge in [-0.1, -0.05) is 0 Å². The molecule has 0 radical (unpaired) electrons. The Morgan fingerprint density at radius 3 is 2.80 bits per heavy atom. The minimum absolute atomic E-state index is 0.256. The number of rotatable bonds is 4. The lowest BCUT2D eigenvalue weighted by Crippen LogP contribution is -2.19. The molecule has 4 nitrogen and oxygen atoms in total. The van der Waals surface area contributed by atoms with Crippen molar-refractivity contribution in [1.82, 2.24) is 9.78 Å². The van der Waals surface area contributed by atoms with Crippen LogP contribution >= 0.6 is 0 Å². The van der Waals surface area contributed by atoms with Crippen LogP contribution in [-0.4, -0.2) is 22.4 Å². The summed E-state index contributed by atoms with van der Waals surface area (Å²) in [6.07, 6.45) is -1.29. The smallest absolute Gasteiger partial charge is 0.330 e. The SMILES string of the molecule is CCOC(=O)C(C)n1ccc(C(F)F)n1. The quantitative estimate of drug-likeness (QED) is 0.725. The van der Waals surface area contributed by atoms with Crippen LogP contribution < -0.4 is 0 Å². The van der Waals surface area contributed by atoms with E-state index in [1.54, 1.807) is 13.8 Å². The van der Waals surface area contributed by atoms with Gasteiger partial charge in [0, 0.05) is 6.20 Å². The monoisotopic (exact) mass is 218 g/mol. The predicted octanol–water partition coefficient (Wildman–Crippen LogP) is 1.94. The third kappa shape index (κ3) is 2.74. The van der Waals surface area contributed by atoms with E-state index < -0.39 is 18.4 Å². The molecule has 0 aliphatic rings. The molecule has 1 rings (SSSR count). The second-order valence-corrected chi connectivity index (χ2v) is 2.95. The molecule has 84 valence electrons. The summed E-state index contributed by atoms with van der Waals surface area (Å²) in [5.74, 6) is -0.485. The molecule has 0 bridgehead atoms. The highest BCUT2D eigenvalue weighted by Crippen LogP contribution is 2.17. The lowest BCUT2D eigenvalue weighted by atomic mass is 10.3. The van der Waals surface area contributed by atoms with Crippen LogP contribution in [0.1, 0.15) is 32.0 Å². The number of aromatic nitrogens is 2. The molecule has 1 aromatic rings. The summed E-state index contributed by atoms with van der Waals surface area (Å²) >= 11 is 0. The first-order chi connectivity index (χ1) is 7.06. The summed E-state index contributed by atoms with van der Waals surface area (Å²) in [4.78, 5) is 11.3. The molecule has 1 unspecified atom stereocenters. The van der Waals surface area contributed by atoms with Crippen LogP contribution in [0, 0.1) is 0 Å². The van der Waals surface area contributed by atoms with Crippen LogP contribution in [-0.2, 0) is 9.53 Å². The van der Waals surface area contributed by atoms with Crippen molar-refractivity contribution in [2.24, 2.45) is 0 Å². The summed E-state index contributed by atoms with van der Waals surface area (Å²) in [6, 6.07) is 0.498. The molecule has 1 atom stereocenters. The molecular weight excluding hydrogens is 206 g/mol. The summed E-state index contributed by atoms with van der Waals surface area (Å²) in [5, 5.41) is 3.58. The van der Waals surface area contributed by atoms with Crippen molar-refractivity contribution < 1.29 is 18.3 Å². The lowest BCUT2D eigenvalue weighted by molar-refractivity contribution is -0.146. The van der Waals surface area contributed by atoms with Gasteiger partial charge in [0.25, 0.3) is 6.43 Å². The zero-order valence-corrected chi connectivity index (χ0v) is 8.48. The van der Waals surface area contributed by atoms with Gasteiger partial charge in [-0.3, -0.25) is 4.68 Å². The highest BCUT2D eigenvalue weighted by Gasteiger charge is 2.19. The van der Waals surface area contributed by atoms with E-state index in [1.807, 2.05) is 0 Å². The summed E-state index contributed by atoms with van der Waals surface area (Å²) in [5.41, 5.74) is -0.342. The van der Waals surface area contributed by atoms with Gasteiger partial charge in [0.05, 0.1) is 6.61 Å². The minimum Gasteiger partial charge on any atom is -0.464 e. The number of ether oxygens (including phenoxy) is 1. The molecule has 6 heteroatoms. The van der Waals surface area contributed by atoms with Crippen LogP contribution in [0.3, 0.4) is 0 Å². The molecule has 0 aliphatic carbocycles. The van der Waals surface area contributed by atoms with Crippen molar-refractivity contribution in [3.8, 4) is 0 Å². The summed E-state index contributed by atoms with van der Waals surface area (Å²) in [6.45, 7) is 3.48. The Kier molecular flexibility index (Phi) is 3.76. The van der Waals surface area contributed by atoms with E-state index >= 15 is 0 Å². The zero-order chi connectivity index (χ0) is 11.4. The number of carbonyl (C=O) groups excluding carboxylic acids is 1. The van der Waals surface area contributed by atoms with Crippen LogP contribution in [0.5, 0.6) is 0 Å². The van der Waals surface area contributed by atoms with Crippen molar-refractivity contribution in [2.75, 3.05) is 6.61 Å². The molecule has 0 aromatic carbocycles. The van der Waals surface area contributed by atoms with Gasteiger partial charge in [0.2, 0.25) is 0 Å². The van der Waals surface area contributed by atoms with Gasteiger partial charge in [-0.25, -0.2) is 13.6 Å². The molecule has 0 saturated carbocycles. The molecule has 1 aromatic heterocycles. The van der Waals surface area contributed by atoms with Crippen LogP contribution in [0.4, 0.5) is 8.78 Å². The molecule has 15 heavy (non-hydrogen) atoms. The average molecular weight is 218 g/mol. The Morgan fingerprint density at radius 1 is 1.67 bits per heavy atom. The fraction of sp³-hybridized carbons (Fsp3) is 0.556. The third-order valence-corrected chi connectivity index (χ3v) is 1.88. The van der Waals surface area contributed by atoms with Gasteiger partial charge >= 0.3 is 5.97 Å². The number of hydrogen-bond acceptors (Lipinski definition) is 3. The van der Waals surface area contributed by atoms with Gasteiger partial charge in [0.1, 0.15) is 11.7 Å². The normalized spacial score (nSPS) is 12.9. The molecule has 0 fully saturated rings. The van der Waals surface area contributed by atoms with Crippen molar-refractivity contribution in [1.29, 1.82) is 0 Å². The summed E-state index contributed by atoms with van der Waals surface area (Å²) < 4.78 is 30.3. The first-order valence-electron chi connectivity index (χ1n) is 4.56. The lowest BCUT2D eigenvalue weighted by Gasteiger charge is -2.10. The van der Waals surface area contributed by atoms with Crippen LogP contribution in [0.25, 0.3) is 0 Å². The molecule has 0 aliphatic heterocycles. The highest BCUT2D eigenvalue weighted by atomic mass is 19.3. The van der Waals surface area contributed by atoms with E-state index in [-0.39, 0.29) is 12.3 Å². The van der Waals surface area contributed by atoms with Crippen LogP contribution in [0.15, 0.2) is 12.3 Å². The number of halogens is 2. The van der Waals surface area contributed by atoms with E-state index in [4.69, 9.17) is 4.74 Å². The van der Waals surface area contributed by atoms with Crippen molar-refractivity contribution >= 4 is 5.97 Å². The Morgan fingerprint density at radius 2 is 2.33 bits per heavy atom. The van der Waals surface area contributed by atoms with Crippen molar-refractivity contribution in [3.05, 3.63) is 18.0 Å². The fourth-order valence-corrected chi connectivity index (χ4v) is 1.06. The fourth-order valence-electron chi connectivity index (χ4n) is 1.06. The average Bonchev–Trinajstić information content (AvgIpc) is 2.65. The highest BCUT2D eigenvalue weighted by molar-refractivity contribution is 5.73. The van der Waals surface area contributed by atoms with E-state index in [1.165, 1.54) is 16.9 Å². The zero-order valence-electron chi connectivity index (χ0n) is 8.48. The second-order valence-electron chi connectivity index (χ2n) is 2.95. The number of hydrogen-bond donors (Lipinski definition) is 0. The third-order valence-electron chi connectivity index (χ3n) is 1.88. The first kappa shape index (κ1) is 11.6. The number of alkyl halides is 2. The molecule has 0 amide bonds. The van der Waals surface area contributed by atoms with Gasteiger partial charge in [-0.05, 0) is 19.9 Å². The number of nitrogens with zero attached hydrogens (tertiary/aromatic N) is 2. The molecule has 0 spiro atoms. The first-order valence-corrected chi connectivity index (χ1v) is 4.56. The maximum absolute atomic E-state index is 12.2. The number of carbonyl (C=O) groups is 1. The molecule has 0 saturated heterocycles. The Labute approximate surface area is 85.8 Å². The Balaban J connectivity index is 2.73. The van der Waals surface area contributed by atoms with Crippen molar-refractivity contribution in [2.45, 2.75) is 26.3 Å². The topological polar surface area (TPSA) is 44.1 Å². The molecular formula is C9H12F2N2O2. The van der Waals surface area contributed by atoms with Gasteiger partial charge in [-0.2, -0.15) is 5.10 Å². The number of esters is 1. The maximum atomic E-state index is 12.2. The van der Waals surface area contributed by atoms with E-state index in [0.29, 0.717) is 0 Å². The minimum atomic E-state index is -2.62. The van der Waals surface area contributed by atoms with Crippen molar-refractivity contribution in [3.63, 3.8) is 0 Å². The van der Waals surface area contributed by atoms with E-state index in [9.17, 15) is 13.6 Å².